The Morgan fingerprint density at radius 2 is 1.81 bits per heavy atom. The number of hydrogen-bond acceptors (Lipinski definition) is 8. The van der Waals surface area contributed by atoms with Crippen molar-refractivity contribution in [2.45, 2.75) is 44.2 Å². The van der Waals surface area contributed by atoms with Gasteiger partial charge in [0.15, 0.2) is 11.5 Å². The molecule has 0 fully saturated rings. The molecule has 3 rings (SSSR count). The lowest BCUT2D eigenvalue weighted by Gasteiger charge is -2.43. The monoisotopic (exact) mass is 378 g/mol. The van der Waals surface area contributed by atoms with E-state index in [2.05, 4.69) is 15.3 Å². The van der Waals surface area contributed by atoms with Gasteiger partial charge in [-0.2, -0.15) is 4.99 Å². The van der Waals surface area contributed by atoms with Crippen LogP contribution in [0.15, 0.2) is 33.3 Å². The molecule has 146 valence electrons. The number of amidine groups is 1. The number of nitrogens with zero attached hydrogens (tertiary/aromatic N) is 3. The van der Waals surface area contributed by atoms with Crippen molar-refractivity contribution in [2.75, 3.05) is 13.2 Å². The van der Waals surface area contributed by atoms with Gasteiger partial charge in [-0.25, -0.2) is 4.79 Å². The van der Waals surface area contributed by atoms with Crippen LogP contribution in [0, 0.1) is 0 Å². The smallest absolute Gasteiger partial charge is 0.349 e. The molecule has 2 aliphatic heterocycles. The molecule has 3 aliphatic rings. The minimum absolute atomic E-state index is 0.00624. The van der Waals surface area contributed by atoms with Gasteiger partial charge in [0.1, 0.15) is 18.3 Å². The highest BCUT2D eigenvalue weighted by atomic mass is 16.4. The number of fused-ring (bicyclic) bond motifs is 2. The van der Waals surface area contributed by atoms with E-state index in [9.17, 15) is 24.9 Å². The van der Waals surface area contributed by atoms with E-state index in [-0.39, 0.29) is 18.1 Å². The molecule has 0 aromatic carbocycles. The highest BCUT2D eigenvalue weighted by Crippen LogP contribution is 2.29. The first kappa shape index (κ1) is 19.4. The number of nitrogens with one attached hydrogen (secondary N) is 1. The van der Waals surface area contributed by atoms with Crippen LogP contribution in [-0.2, 0) is 4.79 Å². The van der Waals surface area contributed by atoms with Gasteiger partial charge in [0.2, 0.25) is 0 Å². The van der Waals surface area contributed by atoms with Gasteiger partial charge in [0, 0.05) is 6.54 Å². The number of urea groups is 1. The second-order valence-electron chi connectivity index (χ2n) is 6.81. The van der Waals surface area contributed by atoms with Gasteiger partial charge in [0.05, 0.1) is 18.7 Å². The van der Waals surface area contributed by atoms with Gasteiger partial charge >= 0.3 is 6.03 Å². The quantitative estimate of drug-likeness (QED) is 0.374. The summed E-state index contributed by atoms with van der Waals surface area (Å²) < 4.78 is 0. The summed E-state index contributed by atoms with van der Waals surface area (Å²) in [6, 6.07) is -1.71. The predicted molar refractivity (Wildman–Crippen MR) is 95.3 cm³/mol. The van der Waals surface area contributed by atoms with E-state index in [1.807, 2.05) is 26.0 Å². The molecule has 0 saturated heterocycles. The van der Waals surface area contributed by atoms with Crippen LogP contribution in [-0.4, -0.2) is 92.4 Å². The molecule has 5 N–H and O–H groups in total. The second kappa shape index (κ2) is 7.31. The second-order valence-corrected chi connectivity index (χ2v) is 6.81. The summed E-state index contributed by atoms with van der Waals surface area (Å²) >= 11 is 0. The van der Waals surface area contributed by atoms with Crippen LogP contribution in [0.3, 0.4) is 0 Å². The number of hydrogen-bond donors (Lipinski definition) is 5. The molecule has 2 unspecified atom stereocenters. The SMILES string of the molecule is CC1=CC2N=C3C(=O)NC(=O)N=C3N(C[C@H](O)[C@H](O)[C@H](O)CO)C2C=C1C. The van der Waals surface area contributed by atoms with Gasteiger partial charge in [-0.1, -0.05) is 23.3 Å². The topological polar surface area (TPSA) is 155 Å². The van der Waals surface area contributed by atoms with Crippen molar-refractivity contribution < 1.29 is 30.0 Å². The Balaban J connectivity index is 2.00. The summed E-state index contributed by atoms with van der Waals surface area (Å²) in [7, 11) is 0. The van der Waals surface area contributed by atoms with Gasteiger partial charge in [-0.3, -0.25) is 15.1 Å². The third-order valence-electron chi connectivity index (χ3n) is 4.94. The molecule has 27 heavy (non-hydrogen) atoms. The Bertz CT molecular complexity index is 786. The van der Waals surface area contributed by atoms with Gasteiger partial charge < -0.3 is 25.3 Å². The number of carbonyl (C=O) groups is 2. The summed E-state index contributed by atoms with van der Waals surface area (Å²) in [5.41, 5.74) is 1.93. The summed E-state index contributed by atoms with van der Waals surface area (Å²) in [5.74, 6) is -0.678. The first-order chi connectivity index (χ1) is 12.7. The molecule has 10 nitrogen and oxygen atoms in total. The van der Waals surface area contributed by atoms with E-state index >= 15 is 0 Å². The molecule has 0 aromatic rings. The maximum Gasteiger partial charge on any atom is 0.349 e. The van der Waals surface area contributed by atoms with E-state index in [4.69, 9.17) is 5.11 Å². The fourth-order valence-corrected chi connectivity index (χ4v) is 3.28. The Labute approximate surface area is 155 Å². The van der Waals surface area contributed by atoms with Crippen LogP contribution in [0.5, 0.6) is 0 Å². The molecule has 10 heteroatoms. The molecule has 3 amide bonds. The van der Waals surface area contributed by atoms with Gasteiger partial charge in [0.25, 0.3) is 5.91 Å². The standard InChI is InChI=1S/C17H22N4O6/c1-7-3-9-10(4-8(7)2)21(5-11(23)14(25)12(24)6-22)15-13(18-9)16(26)20-17(27)19-15/h3-4,9-12,14,22-25H,5-6H2,1-2H3,(H,20,26,27)/t9?,10?,11-,12+,14-/m0/s1. The first-order valence-corrected chi connectivity index (χ1v) is 8.54. The van der Waals surface area contributed by atoms with E-state index in [1.54, 1.807) is 0 Å². The fourth-order valence-electron chi connectivity index (χ4n) is 3.28. The van der Waals surface area contributed by atoms with Gasteiger partial charge in [-0.15, -0.1) is 0 Å². The number of amides is 3. The highest BCUT2D eigenvalue weighted by molar-refractivity contribution is 6.69. The van der Waals surface area contributed by atoms with Gasteiger partial charge in [-0.05, 0) is 13.8 Å². The number of aliphatic hydroxyl groups excluding tert-OH is 4. The zero-order valence-corrected chi connectivity index (χ0v) is 14.9. The lowest BCUT2D eigenvalue weighted by atomic mass is 9.89. The van der Waals surface area contributed by atoms with E-state index in [1.165, 1.54) is 4.90 Å². The molecular weight excluding hydrogens is 356 g/mol. The average molecular weight is 378 g/mol. The Morgan fingerprint density at radius 3 is 2.48 bits per heavy atom. The van der Waals surface area contributed by atoms with Crippen LogP contribution < -0.4 is 5.32 Å². The number of rotatable bonds is 5. The van der Waals surface area contributed by atoms with Crippen LogP contribution in [0.4, 0.5) is 4.79 Å². The molecule has 0 bridgehead atoms. The lowest BCUT2D eigenvalue weighted by Crippen LogP contribution is -2.61. The van der Waals surface area contributed by atoms with Crippen molar-refractivity contribution in [3.8, 4) is 0 Å². The Morgan fingerprint density at radius 1 is 1.15 bits per heavy atom. The maximum absolute atomic E-state index is 12.2. The van der Waals surface area contributed by atoms with Crippen LogP contribution in [0.25, 0.3) is 0 Å². The average Bonchev–Trinajstić information content (AvgIpc) is 2.62. The van der Waals surface area contributed by atoms with Crippen molar-refractivity contribution >= 4 is 23.5 Å². The number of aliphatic imine (C=N–C) groups is 2. The summed E-state index contributed by atoms with van der Waals surface area (Å²) in [6.45, 7) is 2.87. The molecule has 1 aliphatic carbocycles. The van der Waals surface area contributed by atoms with Crippen molar-refractivity contribution in [1.29, 1.82) is 0 Å². The third kappa shape index (κ3) is 3.56. The third-order valence-corrected chi connectivity index (χ3v) is 4.94. The van der Waals surface area contributed by atoms with E-state index in [0.29, 0.717) is 0 Å². The summed E-state index contributed by atoms with van der Waals surface area (Å²) in [6.07, 6.45) is -0.837. The normalized spacial score (nSPS) is 28.0. The van der Waals surface area contributed by atoms with Crippen molar-refractivity contribution in [3.05, 3.63) is 23.3 Å². The molecule has 0 saturated carbocycles. The number of allylic oxidation sites excluding steroid dienone is 2. The van der Waals surface area contributed by atoms with E-state index in [0.717, 1.165) is 11.1 Å². The van der Waals surface area contributed by atoms with Crippen LogP contribution >= 0.6 is 0 Å². The minimum atomic E-state index is -1.62. The first-order valence-electron chi connectivity index (χ1n) is 8.54. The van der Waals surface area contributed by atoms with Crippen LogP contribution in [0.2, 0.25) is 0 Å². The number of aliphatic hydroxyl groups is 4. The molecule has 2 heterocycles. The number of imide groups is 1. The summed E-state index contributed by atoms with van der Waals surface area (Å²) in [4.78, 5) is 33.7. The minimum Gasteiger partial charge on any atom is -0.394 e. The molecule has 0 aromatic heterocycles. The molecular formula is C17H22N4O6. The van der Waals surface area contributed by atoms with Crippen molar-refractivity contribution in [2.24, 2.45) is 9.98 Å². The van der Waals surface area contributed by atoms with Crippen LogP contribution in [0.1, 0.15) is 13.8 Å². The highest BCUT2D eigenvalue weighted by Gasteiger charge is 2.42. The zero-order valence-electron chi connectivity index (χ0n) is 14.9. The van der Waals surface area contributed by atoms with Crippen molar-refractivity contribution in [1.82, 2.24) is 10.2 Å². The van der Waals surface area contributed by atoms with Crippen molar-refractivity contribution in [3.63, 3.8) is 0 Å². The zero-order chi connectivity index (χ0) is 19.9. The maximum atomic E-state index is 12.2. The summed E-state index contributed by atoms with van der Waals surface area (Å²) in [5, 5.41) is 40.9. The van der Waals surface area contributed by atoms with E-state index < -0.39 is 48.9 Å². The largest absolute Gasteiger partial charge is 0.394 e. The number of carbonyl (C=O) groups excluding carboxylic acids is 2. The predicted octanol–water partition coefficient (Wildman–Crippen LogP) is -1.89. The Kier molecular flexibility index (Phi) is 5.24. The molecule has 0 radical (unpaired) electrons. The Hall–Kier alpha value is -2.40. The number of β-amino-alcohol motifs (C(OH)–C–C–N with tert-alkyl or cyclic N) is 1. The fraction of sp³-hybridized carbons (Fsp3) is 0.529. The molecule has 0 spiro atoms. The molecule has 5 atom stereocenters. The lowest BCUT2D eigenvalue weighted by molar-refractivity contribution is -0.113.